The van der Waals surface area contributed by atoms with Gasteiger partial charge in [0.05, 0.1) is 0 Å². The first-order valence-electron chi connectivity index (χ1n) is 3.93. The van der Waals surface area contributed by atoms with E-state index in [-0.39, 0.29) is 11.8 Å². The Kier molecular flexibility index (Phi) is 1.78. The summed E-state index contributed by atoms with van der Waals surface area (Å²) in [4.78, 5) is 0. The maximum Gasteiger partial charge on any atom is 0.397 e. The highest BCUT2D eigenvalue weighted by molar-refractivity contribution is 5.00. The second-order valence-corrected chi connectivity index (χ2v) is 3.10. The molecule has 1 fully saturated rings. The van der Waals surface area contributed by atoms with Crippen molar-refractivity contribution >= 4 is 0 Å². The lowest BCUT2D eigenvalue weighted by Gasteiger charge is -1.99. The summed E-state index contributed by atoms with van der Waals surface area (Å²) in [5.41, 5.74) is 0. The van der Waals surface area contributed by atoms with Gasteiger partial charge in [0.15, 0.2) is 0 Å². The van der Waals surface area contributed by atoms with Crippen molar-refractivity contribution in [3.63, 3.8) is 0 Å². The Labute approximate surface area is 71.9 Å². The van der Waals surface area contributed by atoms with Gasteiger partial charge in [0.2, 0.25) is 11.8 Å². The molecule has 0 amide bonds. The summed E-state index contributed by atoms with van der Waals surface area (Å²) in [5, 5.41) is 6.87. The predicted octanol–water partition coefficient (Wildman–Crippen LogP) is 2.05. The fourth-order valence-electron chi connectivity index (χ4n) is 1.00. The molecule has 0 spiro atoms. The monoisotopic (exact) mass is 192 g/mol. The average molecular weight is 192 g/mol. The molecule has 13 heavy (non-hydrogen) atoms. The van der Waals surface area contributed by atoms with E-state index in [1.165, 1.54) is 0 Å². The Bertz CT molecular complexity index is 303. The van der Waals surface area contributed by atoms with E-state index in [9.17, 15) is 13.2 Å². The maximum absolute atomic E-state index is 11.8. The molecule has 1 aromatic heterocycles. The first kappa shape index (κ1) is 8.52. The number of nitrogens with zero attached hydrogens (tertiary/aromatic N) is 2. The SMILES string of the molecule is FC(F)(F)Cc1nnc(C2CC2)o1. The molecule has 0 bridgehead atoms. The highest BCUT2D eigenvalue weighted by atomic mass is 19.4. The van der Waals surface area contributed by atoms with Crippen molar-refractivity contribution in [1.29, 1.82) is 0 Å². The zero-order valence-corrected chi connectivity index (χ0v) is 6.64. The summed E-state index contributed by atoms with van der Waals surface area (Å²) in [5.74, 6) is 0.211. The number of rotatable bonds is 2. The number of hydrogen-bond donors (Lipinski definition) is 0. The quantitative estimate of drug-likeness (QED) is 0.719. The van der Waals surface area contributed by atoms with Crippen LogP contribution in [-0.2, 0) is 6.42 Å². The minimum absolute atomic E-state index is 0.203. The van der Waals surface area contributed by atoms with Crippen LogP contribution in [0.2, 0.25) is 0 Å². The van der Waals surface area contributed by atoms with Gasteiger partial charge >= 0.3 is 6.18 Å². The van der Waals surface area contributed by atoms with E-state index >= 15 is 0 Å². The average Bonchev–Trinajstić information content (AvgIpc) is 2.72. The Hall–Kier alpha value is -1.07. The maximum atomic E-state index is 11.8. The normalized spacial score (nSPS) is 17.8. The third kappa shape index (κ3) is 2.19. The van der Waals surface area contributed by atoms with Crippen LogP contribution in [0.1, 0.15) is 30.5 Å². The number of hydrogen-bond acceptors (Lipinski definition) is 3. The lowest BCUT2D eigenvalue weighted by Crippen LogP contribution is -2.11. The van der Waals surface area contributed by atoms with Gasteiger partial charge in [0, 0.05) is 5.92 Å². The molecule has 0 radical (unpaired) electrons. The van der Waals surface area contributed by atoms with E-state index in [1.807, 2.05) is 0 Å². The molecule has 2 rings (SSSR count). The van der Waals surface area contributed by atoms with Crippen LogP contribution in [0.15, 0.2) is 4.42 Å². The highest BCUT2D eigenvalue weighted by Gasteiger charge is 2.33. The van der Waals surface area contributed by atoms with Gasteiger partial charge in [-0.3, -0.25) is 0 Å². The van der Waals surface area contributed by atoms with Crippen LogP contribution in [0.3, 0.4) is 0 Å². The number of alkyl halides is 3. The number of halogens is 3. The van der Waals surface area contributed by atoms with Crippen LogP contribution in [0, 0.1) is 0 Å². The van der Waals surface area contributed by atoms with Gasteiger partial charge in [0.1, 0.15) is 6.42 Å². The van der Waals surface area contributed by atoms with E-state index < -0.39 is 12.6 Å². The summed E-state index contributed by atoms with van der Waals surface area (Å²) in [6, 6.07) is 0. The standard InChI is InChI=1S/C7H7F3N2O/c8-7(9,10)3-5-11-12-6(13-5)4-1-2-4/h4H,1-3H2. The summed E-state index contributed by atoms with van der Waals surface area (Å²) in [7, 11) is 0. The van der Waals surface area contributed by atoms with Gasteiger partial charge < -0.3 is 4.42 Å². The van der Waals surface area contributed by atoms with E-state index in [0.29, 0.717) is 5.89 Å². The van der Waals surface area contributed by atoms with Crippen molar-refractivity contribution in [1.82, 2.24) is 10.2 Å². The molecule has 1 heterocycles. The van der Waals surface area contributed by atoms with Crippen LogP contribution < -0.4 is 0 Å². The van der Waals surface area contributed by atoms with Gasteiger partial charge in [-0.2, -0.15) is 13.2 Å². The minimum atomic E-state index is -4.27. The van der Waals surface area contributed by atoms with E-state index in [0.717, 1.165) is 12.8 Å². The molecule has 0 aliphatic heterocycles. The lowest BCUT2D eigenvalue weighted by molar-refractivity contribution is -0.130. The van der Waals surface area contributed by atoms with Gasteiger partial charge in [-0.1, -0.05) is 0 Å². The Morgan fingerprint density at radius 3 is 2.54 bits per heavy atom. The van der Waals surface area contributed by atoms with Crippen molar-refractivity contribution in [2.45, 2.75) is 31.4 Å². The van der Waals surface area contributed by atoms with E-state index in [4.69, 9.17) is 4.42 Å². The van der Waals surface area contributed by atoms with Gasteiger partial charge in [-0.15, -0.1) is 10.2 Å². The largest absolute Gasteiger partial charge is 0.425 e. The fraction of sp³-hybridized carbons (Fsp3) is 0.714. The summed E-state index contributed by atoms with van der Waals surface area (Å²) >= 11 is 0. The van der Waals surface area contributed by atoms with E-state index in [1.54, 1.807) is 0 Å². The molecule has 1 aliphatic rings. The molecular formula is C7H7F3N2O. The van der Waals surface area contributed by atoms with Crippen molar-refractivity contribution in [3.8, 4) is 0 Å². The molecule has 0 N–H and O–H groups in total. The van der Waals surface area contributed by atoms with Crippen molar-refractivity contribution in [2.75, 3.05) is 0 Å². The van der Waals surface area contributed by atoms with Crippen molar-refractivity contribution < 1.29 is 17.6 Å². The molecule has 1 aromatic rings. The molecule has 1 saturated carbocycles. The van der Waals surface area contributed by atoms with Crippen LogP contribution in [-0.4, -0.2) is 16.4 Å². The van der Waals surface area contributed by atoms with Crippen LogP contribution in [0.4, 0.5) is 13.2 Å². The van der Waals surface area contributed by atoms with Crippen molar-refractivity contribution in [3.05, 3.63) is 11.8 Å². The van der Waals surface area contributed by atoms with Crippen LogP contribution in [0.5, 0.6) is 0 Å². The molecule has 0 atom stereocenters. The Morgan fingerprint density at radius 1 is 1.31 bits per heavy atom. The first-order chi connectivity index (χ1) is 6.04. The topological polar surface area (TPSA) is 38.9 Å². The third-order valence-electron chi connectivity index (χ3n) is 1.76. The van der Waals surface area contributed by atoms with Gasteiger partial charge in [-0.25, -0.2) is 0 Å². The van der Waals surface area contributed by atoms with Gasteiger partial charge in [0.25, 0.3) is 0 Å². The van der Waals surface area contributed by atoms with Crippen molar-refractivity contribution in [2.24, 2.45) is 0 Å². The summed E-state index contributed by atoms with van der Waals surface area (Å²) in [6.45, 7) is 0. The zero-order valence-electron chi connectivity index (χ0n) is 6.64. The number of aromatic nitrogens is 2. The molecule has 0 saturated heterocycles. The summed E-state index contributed by atoms with van der Waals surface area (Å²) in [6.07, 6.45) is -3.53. The lowest BCUT2D eigenvalue weighted by atomic mass is 10.4. The Balaban J connectivity index is 2.04. The third-order valence-corrected chi connectivity index (χ3v) is 1.76. The zero-order chi connectivity index (χ0) is 9.47. The predicted molar refractivity (Wildman–Crippen MR) is 36.0 cm³/mol. The second kappa shape index (κ2) is 2.71. The minimum Gasteiger partial charge on any atom is -0.425 e. The fourth-order valence-corrected chi connectivity index (χ4v) is 1.00. The molecule has 0 unspecified atom stereocenters. The molecular weight excluding hydrogens is 185 g/mol. The first-order valence-corrected chi connectivity index (χ1v) is 3.93. The molecule has 6 heteroatoms. The second-order valence-electron chi connectivity index (χ2n) is 3.10. The molecule has 3 nitrogen and oxygen atoms in total. The van der Waals surface area contributed by atoms with E-state index in [2.05, 4.69) is 10.2 Å². The van der Waals surface area contributed by atoms with Gasteiger partial charge in [-0.05, 0) is 12.8 Å². The molecule has 1 aliphatic carbocycles. The van der Waals surface area contributed by atoms with Crippen LogP contribution in [0.25, 0.3) is 0 Å². The summed E-state index contributed by atoms with van der Waals surface area (Å²) < 4.78 is 40.4. The smallest absolute Gasteiger partial charge is 0.397 e. The highest BCUT2D eigenvalue weighted by Crippen LogP contribution is 2.39. The molecule has 72 valence electrons. The van der Waals surface area contributed by atoms with Crippen LogP contribution >= 0.6 is 0 Å². The Morgan fingerprint density at radius 2 is 2.00 bits per heavy atom. The molecule has 0 aromatic carbocycles.